The fraction of sp³-hybridized carbons (Fsp3) is 0.231. The zero-order valence-corrected chi connectivity index (χ0v) is 11.1. The molecule has 1 unspecified atom stereocenters. The Labute approximate surface area is 118 Å². The van der Waals surface area contributed by atoms with E-state index in [0.717, 1.165) is 0 Å². The highest BCUT2D eigenvalue weighted by atomic mass is 16.5. The second kappa shape index (κ2) is 6.14. The molecular weight excluding hydrogens is 278 g/mol. The number of carbonyl (C=O) groups is 2. The molecule has 0 aliphatic carbocycles. The number of carboxylic acid groups (broad SMARTS) is 1. The second-order valence-electron chi connectivity index (χ2n) is 4.22. The van der Waals surface area contributed by atoms with Crippen molar-refractivity contribution >= 4 is 22.6 Å². The number of ether oxygens (including phenoxy) is 1. The second-order valence-corrected chi connectivity index (χ2v) is 4.22. The van der Waals surface area contributed by atoms with Crippen molar-refractivity contribution in [2.75, 3.05) is 13.7 Å². The van der Waals surface area contributed by atoms with Crippen molar-refractivity contribution in [3.05, 3.63) is 40.3 Å². The molecule has 0 saturated carbocycles. The number of hydrogen-bond acceptors (Lipinski definition) is 5. The minimum Gasteiger partial charge on any atom is -0.479 e. The Morgan fingerprint density at radius 3 is 2.67 bits per heavy atom. The molecule has 0 saturated heterocycles. The maximum absolute atomic E-state index is 12.1. The molecule has 2 rings (SSSR count). The molecule has 1 heterocycles. The summed E-state index contributed by atoms with van der Waals surface area (Å²) >= 11 is 0. The van der Waals surface area contributed by atoms with Gasteiger partial charge in [0.25, 0.3) is 11.5 Å². The van der Waals surface area contributed by atoms with E-state index in [9.17, 15) is 14.4 Å². The van der Waals surface area contributed by atoms with Gasteiger partial charge in [-0.3, -0.25) is 9.59 Å². The zero-order valence-electron chi connectivity index (χ0n) is 11.1. The molecule has 1 amide bonds. The number of aliphatic carboxylic acids is 1. The highest BCUT2D eigenvalue weighted by Crippen LogP contribution is 2.11. The van der Waals surface area contributed by atoms with Gasteiger partial charge in [0.05, 0.1) is 11.9 Å². The summed E-state index contributed by atoms with van der Waals surface area (Å²) in [6, 6.07) is 6.51. The average molecular weight is 291 g/mol. The van der Waals surface area contributed by atoms with Gasteiger partial charge in [-0.05, 0) is 6.07 Å². The van der Waals surface area contributed by atoms with Crippen molar-refractivity contribution in [2.24, 2.45) is 0 Å². The normalized spacial score (nSPS) is 12.0. The number of H-pyrrole nitrogens is 1. The van der Waals surface area contributed by atoms with E-state index in [-0.39, 0.29) is 12.2 Å². The molecule has 110 valence electrons. The van der Waals surface area contributed by atoms with Gasteiger partial charge in [0.15, 0.2) is 11.8 Å². The van der Waals surface area contributed by atoms with Gasteiger partial charge in [-0.1, -0.05) is 18.2 Å². The van der Waals surface area contributed by atoms with Crippen LogP contribution in [0.3, 0.4) is 0 Å². The van der Waals surface area contributed by atoms with Gasteiger partial charge in [0, 0.05) is 12.5 Å². The summed E-state index contributed by atoms with van der Waals surface area (Å²) in [5, 5.41) is 17.9. The average Bonchev–Trinajstić information content (AvgIpc) is 2.48. The summed E-state index contributed by atoms with van der Waals surface area (Å²) < 4.78 is 4.71. The lowest BCUT2D eigenvalue weighted by atomic mass is 10.1. The van der Waals surface area contributed by atoms with Crippen molar-refractivity contribution in [3.8, 4) is 0 Å². The van der Waals surface area contributed by atoms with Crippen LogP contribution in [0.25, 0.3) is 10.8 Å². The number of benzene rings is 1. The standard InChI is InChI=1S/C13H13N3O5/c1-21-9(13(19)20)6-14-12(18)10-7-4-2-3-5-8(7)11(17)16-15-10/h2-5,9H,6H2,1H3,(H,14,18)(H,16,17)(H,19,20). The van der Waals surface area contributed by atoms with E-state index >= 15 is 0 Å². The maximum atomic E-state index is 12.1. The summed E-state index contributed by atoms with van der Waals surface area (Å²) in [7, 11) is 1.23. The fourth-order valence-electron chi connectivity index (χ4n) is 1.83. The first-order chi connectivity index (χ1) is 10.0. The number of rotatable bonds is 5. The Kier molecular flexibility index (Phi) is 4.29. The summed E-state index contributed by atoms with van der Waals surface area (Å²) in [6.45, 7) is -0.209. The first-order valence-corrected chi connectivity index (χ1v) is 6.05. The third-order valence-electron chi connectivity index (χ3n) is 2.92. The molecule has 0 aliphatic rings. The molecule has 8 nitrogen and oxygen atoms in total. The maximum Gasteiger partial charge on any atom is 0.334 e. The molecule has 0 aliphatic heterocycles. The number of aromatic nitrogens is 2. The number of aromatic amines is 1. The van der Waals surface area contributed by atoms with Gasteiger partial charge >= 0.3 is 5.97 Å². The Hall–Kier alpha value is -2.74. The van der Waals surface area contributed by atoms with Crippen LogP contribution < -0.4 is 10.9 Å². The first kappa shape index (κ1) is 14.7. The minimum absolute atomic E-state index is 0.0189. The van der Waals surface area contributed by atoms with E-state index < -0.39 is 23.5 Å². The Morgan fingerprint density at radius 2 is 2.05 bits per heavy atom. The van der Waals surface area contributed by atoms with Gasteiger partial charge < -0.3 is 15.2 Å². The number of methoxy groups -OCH3 is 1. The molecule has 1 aromatic heterocycles. The molecule has 21 heavy (non-hydrogen) atoms. The molecule has 0 spiro atoms. The lowest BCUT2D eigenvalue weighted by Gasteiger charge is -2.11. The van der Waals surface area contributed by atoms with E-state index in [1.807, 2.05) is 0 Å². The van der Waals surface area contributed by atoms with Crippen molar-refractivity contribution in [2.45, 2.75) is 6.10 Å². The number of amides is 1. The molecular formula is C13H13N3O5. The number of carboxylic acids is 1. The number of carbonyl (C=O) groups excluding carboxylic acids is 1. The van der Waals surface area contributed by atoms with Gasteiger partial charge in [0.2, 0.25) is 0 Å². The van der Waals surface area contributed by atoms with Gasteiger partial charge in [0.1, 0.15) is 0 Å². The molecule has 0 fully saturated rings. The number of nitrogens with zero attached hydrogens (tertiary/aromatic N) is 1. The van der Waals surface area contributed by atoms with E-state index in [4.69, 9.17) is 9.84 Å². The molecule has 8 heteroatoms. The summed E-state index contributed by atoms with van der Waals surface area (Å²) in [5.41, 5.74) is -0.382. The fourth-order valence-corrected chi connectivity index (χ4v) is 1.83. The third-order valence-corrected chi connectivity index (χ3v) is 2.92. The predicted octanol–water partition coefficient (Wildman–Crippen LogP) is -0.247. The van der Waals surface area contributed by atoms with Crippen LogP contribution in [-0.4, -0.2) is 46.9 Å². The highest BCUT2D eigenvalue weighted by Gasteiger charge is 2.19. The summed E-state index contributed by atoms with van der Waals surface area (Å²) in [5.74, 6) is -1.78. The molecule has 0 bridgehead atoms. The molecule has 0 radical (unpaired) electrons. The van der Waals surface area contributed by atoms with E-state index in [1.54, 1.807) is 24.3 Å². The smallest absolute Gasteiger partial charge is 0.334 e. The van der Waals surface area contributed by atoms with Crippen LogP contribution in [0, 0.1) is 0 Å². The topological polar surface area (TPSA) is 121 Å². The van der Waals surface area contributed by atoms with Crippen LogP contribution in [0.15, 0.2) is 29.1 Å². The van der Waals surface area contributed by atoms with Crippen LogP contribution in [0.4, 0.5) is 0 Å². The predicted molar refractivity (Wildman–Crippen MR) is 73.1 cm³/mol. The number of hydrogen-bond donors (Lipinski definition) is 3. The number of fused-ring (bicyclic) bond motifs is 1. The van der Waals surface area contributed by atoms with Crippen LogP contribution in [0.5, 0.6) is 0 Å². The zero-order chi connectivity index (χ0) is 15.4. The first-order valence-electron chi connectivity index (χ1n) is 6.05. The quantitative estimate of drug-likeness (QED) is 0.698. The van der Waals surface area contributed by atoms with E-state index in [0.29, 0.717) is 10.8 Å². The van der Waals surface area contributed by atoms with Crippen LogP contribution in [0.2, 0.25) is 0 Å². The summed E-state index contributed by atoms with van der Waals surface area (Å²) in [4.78, 5) is 34.5. The van der Waals surface area contributed by atoms with Crippen LogP contribution >= 0.6 is 0 Å². The van der Waals surface area contributed by atoms with Crippen LogP contribution in [0.1, 0.15) is 10.5 Å². The van der Waals surface area contributed by atoms with Gasteiger partial charge in [-0.2, -0.15) is 5.10 Å². The van der Waals surface area contributed by atoms with Crippen molar-refractivity contribution in [1.82, 2.24) is 15.5 Å². The number of nitrogens with one attached hydrogen (secondary N) is 2. The van der Waals surface area contributed by atoms with Gasteiger partial charge in [-0.15, -0.1) is 0 Å². The third kappa shape index (κ3) is 3.06. The lowest BCUT2D eigenvalue weighted by Crippen LogP contribution is -2.38. The van der Waals surface area contributed by atoms with E-state index in [1.165, 1.54) is 7.11 Å². The molecule has 2 aromatic rings. The van der Waals surface area contributed by atoms with Gasteiger partial charge in [-0.25, -0.2) is 9.89 Å². The Bertz CT molecular complexity index is 740. The lowest BCUT2D eigenvalue weighted by molar-refractivity contribution is -0.148. The van der Waals surface area contributed by atoms with Crippen molar-refractivity contribution in [1.29, 1.82) is 0 Å². The van der Waals surface area contributed by atoms with E-state index in [2.05, 4.69) is 15.5 Å². The molecule has 1 aromatic carbocycles. The molecule has 3 N–H and O–H groups in total. The Morgan fingerprint density at radius 1 is 1.38 bits per heavy atom. The highest BCUT2D eigenvalue weighted by molar-refractivity contribution is 6.04. The monoisotopic (exact) mass is 291 g/mol. The molecule has 1 atom stereocenters. The Balaban J connectivity index is 2.26. The largest absolute Gasteiger partial charge is 0.479 e. The SMILES string of the molecule is COC(CNC(=O)c1n[nH]c(=O)c2ccccc12)C(=O)O. The van der Waals surface area contributed by atoms with Crippen molar-refractivity contribution < 1.29 is 19.4 Å². The minimum atomic E-state index is -1.18. The summed E-state index contributed by atoms with van der Waals surface area (Å²) in [6.07, 6.45) is -1.15. The van der Waals surface area contributed by atoms with Crippen molar-refractivity contribution in [3.63, 3.8) is 0 Å². The van der Waals surface area contributed by atoms with Crippen LogP contribution in [-0.2, 0) is 9.53 Å².